The lowest BCUT2D eigenvalue weighted by Crippen LogP contribution is -2.33. The molecule has 38 heavy (non-hydrogen) atoms. The fourth-order valence-electron chi connectivity index (χ4n) is 4.71. The highest BCUT2D eigenvalue weighted by atomic mass is 16.5. The minimum atomic E-state index is -0.289. The Balaban J connectivity index is 1.28. The quantitative estimate of drug-likeness (QED) is 0.294. The Hall–Kier alpha value is -4.58. The molecule has 1 fully saturated rings. The van der Waals surface area contributed by atoms with E-state index in [4.69, 9.17) is 4.74 Å². The van der Waals surface area contributed by atoms with Gasteiger partial charge in [0.2, 0.25) is 0 Å². The number of nitrogens with zero attached hydrogens (tertiary/aromatic N) is 2. The fraction of sp³-hybridized carbons (Fsp3) is 0.188. The van der Waals surface area contributed by atoms with Crippen LogP contribution in [0.4, 0.5) is 17.1 Å². The highest BCUT2D eigenvalue weighted by molar-refractivity contribution is 6.09. The lowest BCUT2D eigenvalue weighted by atomic mass is 10.1. The van der Waals surface area contributed by atoms with E-state index in [0.717, 1.165) is 24.5 Å². The molecule has 0 aromatic heterocycles. The number of nitrogens with one attached hydrogen (secondary N) is 1. The number of ether oxygens (including phenoxy) is 1. The van der Waals surface area contributed by atoms with Crippen molar-refractivity contribution in [1.82, 2.24) is 0 Å². The maximum Gasteiger partial charge on any atom is 0.259 e. The van der Waals surface area contributed by atoms with Gasteiger partial charge in [0.05, 0.1) is 16.9 Å². The van der Waals surface area contributed by atoms with Gasteiger partial charge in [-0.1, -0.05) is 42.5 Å². The van der Waals surface area contributed by atoms with Gasteiger partial charge >= 0.3 is 0 Å². The predicted molar refractivity (Wildman–Crippen MR) is 153 cm³/mol. The Kier molecular flexibility index (Phi) is 7.69. The van der Waals surface area contributed by atoms with E-state index in [1.165, 1.54) is 19.3 Å². The highest BCUT2D eigenvalue weighted by Gasteiger charge is 2.21. The molecule has 4 aromatic rings. The normalized spacial score (nSPS) is 13.0. The monoisotopic (exact) mass is 505 g/mol. The molecule has 1 N–H and O–H groups in total. The molecule has 0 unspecified atom stereocenters. The Morgan fingerprint density at radius 2 is 1.42 bits per heavy atom. The zero-order valence-corrected chi connectivity index (χ0v) is 21.5. The van der Waals surface area contributed by atoms with Crippen molar-refractivity contribution in [3.8, 4) is 11.5 Å². The van der Waals surface area contributed by atoms with Crippen LogP contribution in [0.1, 0.15) is 40.0 Å². The summed E-state index contributed by atoms with van der Waals surface area (Å²) in [5.41, 5.74) is 3.55. The number of carbonyl (C=O) groups is 2. The van der Waals surface area contributed by atoms with Crippen LogP contribution in [0.25, 0.3) is 0 Å². The molecule has 0 aliphatic carbocycles. The number of hydrogen-bond donors (Lipinski definition) is 1. The van der Waals surface area contributed by atoms with E-state index in [-0.39, 0.29) is 11.8 Å². The van der Waals surface area contributed by atoms with Crippen molar-refractivity contribution in [2.24, 2.45) is 0 Å². The van der Waals surface area contributed by atoms with E-state index >= 15 is 0 Å². The Morgan fingerprint density at radius 1 is 0.763 bits per heavy atom. The zero-order valence-electron chi connectivity index (χ0n) is 21.5. The van der Waals surface area contributed by atoms with Crippen LogP contribution in [0.3, 0.4) is 0 Å². The first-order chi connectivity index (χ1) is 18.6. The topological polar surface area (TPSA) is 61.9 Å². The maximum absolute atomic E-state index is 13.4. The summed E-state index contributed by atoms with van der Waals surface area (Å²) < 4.78 is 5.93. The second-order valence-electron chi connectivity index (χ2n) is 9.34. The van der Waals surface area contributed by atoms with Crippen molar-refractivity contribution in [1.29, 1.82) is 0 Å². The number of anilines is 3. The molecule has 0 saturated carbocycles. The third kappa shape index (κ3) is 5.70. The van der Waals surface area contributed by atoms with Crippen molar-refractivity contribution >= 4 is 28.9 Å². The Morgan fingerprint density at radius 3 is 2.18 bits per heavy atom. The molecular formula is C32H31N3O3. The van der Waals surface area contributed by atoms with Gasteiger partial charge in [-0.2, -0.15) is 0 Å². The van der Waals surface area contributed by atoms with E-state index in [9.17, 15) is 9.59 Å². The van der Waals surface area contributed by atoms with Crippen molar-refractivity contribution in [3.63, 3.8) is 0 Å². The first-order valence-electron chi connectivity index (χ1n) is 13.0. The van der Waals surface area contributed by atoms with Gasteiger partial charge in [0, 0.05) is 31.4 Å². The van der Waals surface area contributed by atoms with E-state index in [1.807, 2.05) is 61.6 Å². The van der Waals surface area contributed by atoms with Gasteiger partial charge in [-0.25, -0.2) is 0 Å². The smallest absolute Gasteiger partial charge is 0.259 e. The number of amides is 2. The largest absolute Gasteiger partial charge is 0.457 e. The molecule has 0 radical (unpaired) electrons. The summed E-state index contributed by atoms with van der Waals surface area (Å²) in [4.78, 5) is 30.5. The SMILES string of the molecule is CN(C(=O)c1ccc(NC(=O)c2ccccc2Oc2ccccc2)cc1)c1ccccc1N1CCCCC1. The summed E-state index contributed by atoms with van der Waals surface area (Å²) >= 11 is 0. The molecule has 0 spiro atoms. The predicted octanol–water partition coefficient (Wildman–Crippen LogP) is 7.00. The van der Waals surface area contributed by atoms with Crippen LogP contribution in [0, 0.1) is 0 Å². The average molecular weight is 506 g/mol. The van der Waals surface area contributed by atoms with Gasteiger partial charge < -0.3 is 19.9 Å². The number of carbonyl (C=O) groups excluding carboxylic acids is 2. The second-order valence-corrected chi connectivity index (χ2v) is 9.34. The standard InChI is InChI=1S/C32H31N3O3/c1-34(28-15-7-8-16-29(28)35-22-10-3-11-23-35)32(37)24-18-20-25(21-19-24)33-31(36)27-14-6-9-17-30(27)38-26-12-4-2-5-13-26/h2,4-9,12-21H,3,10-11,22-23H2,1H3,(H,33,36). The molecule has 6 heteroatoms. The lowest BCUT2D eigenvalue weighted by Gasteiger charge is -2.32. The van der Waals surface area contributed by atoms with Crippen LogP contribution >= 0.6 is 0 Å². The first kappa shape index (κ1) is 25.1. The minimum Gasteiger partial charge on any atom is -0.457 e. The van der Waals surface area contributed by atoms with Crippen molar-refractivity contribution in [3.05, 3.63) is 114 Å². The molecule has 1 saturated heterocycles. The number of benzene rings is 4. The highest BCUT2D eigenvalue weighted by Crippen LogP contribution is 2.32. The molecule has 1 aliphatic heterocycles. The Bertz CT molecular complexity index is 1400. The van der Waals surface area contributed by atoms with Crippen LogP contribution in [0.2, 0.25) is 0 Å². The number of hydrogen-bond acceptors (Lipinski definition) is 4. The molecule has 5 rings (SSSR count). The summed E-state index contributed by atoms with van der Waals surface area (Å²) in [5, 5.41) is 2.91. The van der Waals surface area contributed by atoms with Crippen LogP contribution < -0.4 is 19.9 Å². The van der Waals surface area contributed by atoms with E-state index in [1.54, 1.807) is 47.4 Å². The van der Waals surface area contributed by atoms with Crippen molar-refractivity contribution in [2.45, 2.75) is 19.3 Å². The second kappa shape index (κ2) is 11.6. The fourth-order valence-corrected chi connectivity index (χ4v) is 4.71. The van der Waals surface area contributed by atoms with E-state index in [0.29, 0.717) is 28.3 Å². The molecule has 0 bridgehead atoms. The van der Waals surface area contributed by atoms with Crippen molar-refractivity contribution < 1.29 is 14.3 Å². The first-order valence-corrected chi connectivity index (χ1v) is 13.0. The van der Waals surface area contributed by atoms with Gasteiger partial charge in [0.15, 0.2) is 0 Å². The lowest BCUT2D eigenvalue weighted by molar-refractivity contribution is 0.0991. The third-order valence-electron chi connectivity index (χ3n) is 6.74. The van der Waals surface area contributed by atoms with Crippen molar-refractivity contribution in [2.75, 3.05) is 35.3 Å². The number of para-hydroxylation sites is 4. The average Bonchev–Trinajstić information content (AvgIpc) is 2.98. The zero-order chi connectivity index (χ0) is 26.3. The molecule has 1 aliphatic rings. The van der Waals surface area contributed by atoms with Gasteiger partial charge in [0.1, 0.15) is 11.5 Å². The maximum atomic E-state index is 13.4. The summed E-state index contributed by atoms with van der Waals surface area (Å²) in [6.07, 6.45) is 3.59. The van der Waals surface area contributed by atoms with Gasteiger partial charge in [-0.15, -0.1) is 0 Å². The molecule has 0 atom stereocenters. The van der Waals surface area contributed by atoms with E-state index < -0.39 is 0 Å². The van der Waals surface area contributed by atoms with Crippen LogP contribution in [-0.4, -0.2) is 32.0 Å². The van der Waals surface area contributed by atoms with Crippen LogP contribution in [0.5, 0.6) is 11.5 Å². The Labute approximate surface area is 223 Å². The molecule has 2 amide bonds. The van der Waals surface area contributed by atoms with Crippen LogP contribution in [0.15, 0.2) is 103 Å². The number of piperidine rings is 1. The molecule has 6 nitrogen and oxygen atoms in total. The van der Waals surface area contributed by atoms with Gasteiger partial charge in [0.25, 0.3) is 11.8 Å². The summed E-state index contributed by atoms with van der Waals surface area (Å²) in [5.74, 6) is 0.732. The molecule has 1 heterocycles. The summed E-state index contributed by atoms with van der Waals surface area (Å²) in [7, 11) is 1.81. The third-order valence-corrected chi connectivity index (χ3v) is 6.74. The minimum absolute atomic E-state index is 0.103. The molecule has 4 aromatic carbocycles. The summed E-state index contributed by atoms with van der Waals surface area (Å²) in [6.45, 7) is 2.01. The molecule has 192 valence electrons. The number of rotatable bonds is 7. The molecular weight excluding hydrogens is 474 g/mol. The van der Waals surface area contributed by atoms with Crippen LogP contribution in [-0.2, 0) is 0 Å². The van der Waals surface area contributed by atoms with E-state index in [2.05, 4.69) is 16.3 Å². The van der Waals surface area contributed by atoms with Gasteiger partial charge in [-0.05, 0) is 79.9 Å². The van der Waals surface area contributed by atoms with Gasteiger partial charge in [-0.3, -0.25) is 9.59 Å². The summed E-state index contributed by atoms with van der Waals surface area (Å²) in [6, 6.07) is 31.5.